The van der Waals surface area contributed by atoms with E-state index in [1.54, 1.807) is 43.4 Å². The molecule has 0 fully saturated rings. The van der Waals surface area contributed by atoms with Crippen molar-refractivity contribution in [2.45, 2.75) is 0 Å². The minimum atomic E-state index is -0.488. The number of aryl methyl sites for hydroxylation is 1. The molecule has 1 heterocycles. The molecule has 0 bridgehead atoms. The van der Waals surface area contributed by atoms with E-state index in [9.17, 15) is 9.59 Å². The van der Waals surface area contributed by atoms with Gasteiger partial charge in [-0.3, -0.25) is 14.3 Å². The predicted molar refractivity (Wildman–Crippen MR) is 115 cm³/mol. The van der Waals surface area contributed by atoms with Crippen LogP contribution in [0, 0.1) is 0 Å². The van der Waals surface area contributed by atoms with Gasteiger partial charge >= 0.3 is 0 Å². The number of hydrogen-bond acceptors (Lipinski definition) is 5. The third-order valence-corrected chi connectivity index (χ3v) is 4.76. The molecule has 2 amide bonds. The minimum Gasteiger partial charge on any atom is -0.495 e. The fourth-order valence-electron chi connectivity index (χ4n) is 2.67. The number of rotatable bonds is 6. The Labute approximate surface area is 182 Å². The molecular formula is C20H18Cl2N4O4. The van der Waals surface area contributed by atoms with Crippen LogP contribution in [0.5, 0.6) is 11.5 Å². The number of anilines is 2. The highest BCUT2D eigenvalue weighted by Crippen LogP contribution is 2.28. The second-order valence-electron chi connectivity index (χ2n) is 6.15. The molecule has 1 aromatic heterocycles. The fourth-order valence-corrected chi connectivity index (χ4v) is 3.18. The fraction of sp³-hybridized carbons (Fsp3) is 0.150. The number of nitrogens with one attached hydrogen (secondary N) is 2. The largest absolute Gasteiger partial charge is 0.495 e. The van der Waals surface area contributed by atoms with Gasteiger partial charge in [-0.1, -0.05) is 23.2 Å². The highest BCUT2D eigenvalue weighted by molar-refractivity contribution is 6.32. The molecule has 2 N–H and O–H groups in total. The molecule has 30 heavy (non-hydrogen) atoms. The lowest BCUT2D eigenvalue weighted by Gasteiger charge is -2.08. The van der Waals surface area contributed by atoms with Crippen molar-refractivity contribution < 1.29 is 19.1 Å². The predicted octanol–water partition coefficient (Wildman–Crippen LogP) is 4.25. The lowest BCUT2D eigenvalue weighted by atomic mass is 10.2. The number of hydrogen-bond donors (Lipinski definition) is 2. The van der Waals surface area contributed by atoms with Gasteiger partial charge in [0.25, 0.3) is 11.8 Å². The Hall–Kier alpha value is -3.23. The van der Waals surface area contributed by atoms with E-state index in [2.05, 4.69) is 15.7 Å². The summed E-state index contributed by atoms with van der Waals surface area (Å²) >= 11 is 12.1. The Morgan fingerprint density at radius 3 is 1.83 bits per heavy atom. The standard InChI is InChI=1S/C20H18Cl2N4O4/c1-26-16(20(28)24-12-5-7-18(30-3)14(22)9-12)10-15(25-26)19(27)23-11-4-6-17(29-2)13(21)8-11/h4-10H,1-3H3,(H,23,27)(H,24,28). The zero-order chi connectivity index (χ0) is 21.8. The van der Waals surface area contributed by atoms with Crippen molar-refractivity contribution >= 4 is 46.4 Å². The van der Waals surface area contributed by atoms with Crippen LogP contribution in [0.25, 0.3) is 0 Å². The Kier molecular flexibility index (Phi) is 6.49. The molecule has 0 radical (unpaired) electrons. The summed E-state index contributed by atoms with van der Waals surface area (Å²) in [5, 5.41) is 10.2. The van der Waals surface area contributed by atoms with Crippen LogP contribution in [0.4, 0.5) is 11.4 Å². The number of halogens is 2. The van der Waals surface area contributed by atoms with Gasteiger partial charge in [0.1, 0.15) is 17.2 Å². The van der Waals surface area contributed by atoms with Gasteiger partial charge in [0.05, 0.1) is 24.3 Å². The molecule has 0 saturated heterocycles. The molecule has 0 aliphatic carbocycles. The summed E-state index contributed by atoms with van der Waals surface area (Å²) in [4.78, 5) is 25.1. The molecule has 3 aromatic rings. The van der Waals surface area contributed by atoms with Crippen LogP contribution in [0.3, 0.4) is 0 Å². The topological polar surface area (TPSA) is 94.5 Å². The molecule has 8 nitrogen and oxygen atoms in total. The first kappa shape index (κ1) is 21.5. The maximum absolute atomic E-state index is 12.6. The molecular weight excluding hydrogens is 431 g/mol. The molecule has 0 unspecified atom stereocenters. The number of methoxy groups -OCH3 is 2. The summed E-state index contributed by atoms with van der Waals surface area (Å²) in [6, 6.07) is 11.1. The van der Waals surface area contributed by atoms with E-state index in [1.807, 2.05) is 0 Å². The van der Waals surface area contributed by atoms with E-state index >= 15 is 0 Å². The van der Waals surface area contributed by atoms with Gasteiger partial charge in [-0.05, 0) is 36.4 Å². The average molecular weight is 449 g/mol. The number of ether oxygens (including phenoxy) is 2. The van der Waals surface area contributed by atoms with Crippen LogP contribution in [0.2, 0.25) is 10.0 Å². The van der Waals surface area contributed by atoms with Crippen molar-refractivity contribution in [2.24, 2.45) is 7.05 Å². The smallest absolute Gasteiger partial charge is 0.276 e. The summed E-state index contributed by atoms with van der Waals surface area (Å²) in [6.07, 6.45) is 0. The lowest BCUT2D eigenvalue weighted by Crippen LogP contribution is -2.16. The van der Waals surface area contributed by atoms with E-state index < -0.39 is 11.8 Å². The van der Waals surface area contributed by atoms with Crippen molar-refractivity contribution in [3.05, 3.63) is 63.9 Å². The molecule has 0 aliphatic heterocycles. The number of carbonyl (C=O) groups excluding carboxylic acids is 2. The number of carbonyl (C=O) groups is 2. The van der Waals surface area contributed by atoms with Crippen molar-refractivity contribution in [3.63, 3.8) is 0 Å². The molecule has 3 rings (SSSR count). The zero-order valence-corrected chi connectivity index (χ0v) is 17.8. The van der Waals surface area contributed by atoms with Gasteiger partial charge in [-0.25, -0.2) is 0 Å². The Morgan fingerprint density at radius 2 is 1.37 bits per heavy atom. The van der Waals surface area contributed by atoms with Gasteiger partial charge < -0.3 is 20.1 Å². The monoisotopic (exact) mass is 448 g/mol. The molecule has 2 aromatic carbocycles. The van der Waals surface area contributed by atoms with Gasteiger partial charge in [-0.2, -0.15) is 5.10 Å². The first-order valence-electron chi connectivity index (χ1n) is 8.66. The van der Waals surface area contributed by atoms with Crippen LogP contribution in [-0.4, -0.2) is 35.8 Å². The molecule has 0 atom stereocenters. The van der Waals surface area contributed by atoms with Crippen molar-refractivity contribution in [1.29, 1.82) is 0 Å². The number of aromatic nitrogens is 2. The van der Waals surface area contributed by atoms with Gasteiger partial charge in [0.15, 0.2) is 5.69 Å². The van der Waals surface area contributed by atoms with Crippen molar-refractivity contribution in [2.75, 3.05) is 24.9 Å². The van der Waals surface area contributed by atoms with Crippen LogP contribution < -0.4 is 20.1 Å². The number of amides is 2. The maximum Gasteiger partial charge on any atom is 0.276 e. The van der Waals surface area contributed by atoms with Crippen LogP contribution in [0.1, 0.15) is 21.0 Å². The number of benzene rings is 2. The maximum atomic E-state index is 12.6. The van der Waals surface area contributed by atoms with E-state index in [-0.39, 0.29) is 11.4 Å². The molecule has 0 saturated carbocycles. The number of nitrogens with zero attached hydrogens (tertiary/aromatic N) is 2. The highest BCUT2D eigenvalue weighted by Gasteiger charge is 2.18. The summed E-state index contributed by atoms with van der Waals surface area (Å²) in [6.45, 7) is 0. The van der Waals surface area contributed by atoms with Crippen LogP contribution >= 0.6 is 23.2 Å². The molecule has 0 aliphatic rings. The Morgan fingerprint density at radius 1 is 0.867 bits per heavy atom. The Balaban J connectivity index is 1.74. The first-order chi connectivity index (χ1) is 14.3. The Bertz CT molecular complexity index is 1110. The summed E-state index contributed by atoms with van der Waals surface area (Å²) in [7, 11) is 4.57. The van der Waals surface area contributed by atoms with Crippen LogP contribution in [0.15, 0.2) is 42.5 Å². The summed E-state index contributed by atoms with van der Waals surface area (Å²) in [5.74, 6) is 0.0500. The van der Waals surface area contributed by atoms with Crippen molar-refractivity contribution in [1.82, 2.24) is 9.78 Å². The second kappa shape index (κ2) is 9.06. The third-order valence-electron chi connectivity index (χ3n) is 4.16. The van der Waals surface area contributed by atoms with Crippen molar-refractivity contribution in [3.8, 4) is 11.5 Å². The van der Waals surface area contributed by atoms with Gasteiger partial charge in [-0.15, -0.1) is 0 Å². The average Bonchev–Trinajstić information content (AvgIpc) is 3.10. The lowest BCUT2D eigenvalue weighted by molar-refractivity contribution is 0.101. The third kappa shape index (κ3) is 4.67. The zero-order valence-electron chi connectivity index (χ0n) is 16.3. The highest BCUT2D eigenvalue weighted by atomic mass is 35.5. The van der Waals surface area contributed by atoms with E-state index in [0.29, 0.717) is 32.9 Å². The summed E-state index contributed by atoms with van der Waals surface area (Å²) in [5.41, 5.74) is 1.21. The molecule has 156 valence electrons. The molecule has 0 spiro atoms. The van der Waals surface area contributed by atoms with Gasteiger partial charge in [0.2, 0.25) is 0 Å². The van der Waals surface area contributed by atoms with Gasteiger partial charge in [0, 0.05) is 24.5 Å². The van der Waals surface area contributed by atoms with Crippen LogP contribution in [-0.2, 0) is 7.05 Å². The first-order valence-corrected chi connectivity index (χ1v) is 9.41. The SMILES string of the molecule is COc1ccc(NC(=O)c2cc(C(=O)Nc3ccc(OC)c(Cl)c3)n(C)n2)cc1Cl. The van der Waals surface area contributed by atoms with E-state index in [1.165, 1.54) is 25.0 Å². The second-order valence-corrected chi connectivity index (χ2v) is 6.96. The molecule has 10 heteroatoms. The van der Waals surface area contributed by atoms with E-state index in [0.717, 1.165) is 0 Å². The van der Waals surface area contributed by atoms with E-state index in [4.69, 9.17) is 32.7 Å². The quantitative estimate of drug-likeness (QED) is 0.587. The minimum absolute atomic E-state index is 0.0716. The summed E-state index contributed by atoms with van der Waals surface area (Å²) < 4.78 is 11.5. The normalized spacial score (nSPS) is 10.4.